The third-order valence-electron chi connectivity index (χ3n) is 4.17. The molecule has 22 heavy (non-hydrogen) atoms. The largest absolute Gasteiger partial charge is 0.486 e. The van der Waals surface area contributed by atoms with Gasteiger partial charge in [0.25, 0.3) is 0 Å². The molecule has 1 aliphatic heterocycles. The van der Waals surface area contributed by atoms with Gasteiger partial charge in [-0.3, -0.25) is 0 Å². The first kappa shape index (κ1) is 15.4. The van der Waals surface area contributed by atoms with Crippen molar-refractivity contribution in [3.63, 3.8) is 0 Å². The highest BCUT2D eigenvalue weighted by atomic mass is 32.2. The summed E-state index contributed by atoms with van der Waals surface area (Å²) in [5.74, 6) is 0.949. The van der Waals surface area contributed by atoms with Crippen LogP contribution in [0, 0.1) is 0 Å². The Morgan fingerprint density at radius 1 is 1.14 bits per heavy atom. The molecule has 1 heterocycles. The maximum Gasteiger partial charge on any atom is 0.125 e. The second-order valence-electron chi connectivity index (χ2n) is 5.72. The summed E-state index contributed by atoms with van der Waals surface area (Å²) in [6.45, 7) is 1.13. The van der Waals surface area contributed by atoms with Crippen LogP contribution in [0.4, 0.5) is 0 Å². The summed E-state index contributed by atoms with van der Waals surface area (Å²) in [6.07, 6.45) is 5.74. The monoisotopic (exact) mass is 313 g/mol. The molecule has 2 nitrogen and oxygen atoms in total. The van der Waals surface area contributed by atoms with Gasteiger partial charge in [-0.25, -0.2) is 0 Å². The number of hydrogen-bond donors (Lipinski definition) is 1. The molecule has 0 aromatic heterocycles. The summed E-state index contributed by atoms with van der Waals surface area (Å²) in [4.78, 5) is 1.26. The van der Waals surface area contributed by atoms with E-state index in [1.807, 2.05) is 0 Å². The van der Waals surface area contributed by atoms with Crippen molar-refractivity contribution in [1.29, 1.82) is 0 Å². The normalized spacial score (nSPS) is 19.0. The maximum absolute atomic E-state index is 6.31. The molecule has 1 saturated heterocycles. The Kier molecular flexibility index (Phi) is 5.41. The Morgan fingerprint density at radius 2 is 1.91 bits per heavy atom. The van der Waals surface area contributed by atoms with E-state index in [2.05, 4.69) is 66.2 Å². The van der Waals surface area contributed by atoms with Crippen molar-refractivity contribution in [1.82, 2.24) is 5.32 Å². The summed E-state index contributed by atoms with van der Waals surface area (Å²) in [6, 6.07) is 19.5. The molecule has 2 aromatic carbocycles. The zero-order valence-corrected chi connectivity index (χ0v) is 13.8. The van der Waals surface area contributed by atoms with Crippen LogP contribution in [0.15, 0.2) is 59.5 Å². The minimum Gasteiger partial charge on any atom is -0.486 e. The fraction of sp³-hybridized carbons (Fsp3) is 0.368. The zero-order chi connectivity index (χ0) is 15.2. The van der Waals surface area contributed by atoms with Crippen LogP contribution in [0.3, 0.4) is 0 Å². The van der Waals surface area contributed by atoms with Crippen LogP contribution >= 0.6 is 11.8 Å². The van der Waals surface area contributed by atoms with Gasteiger partial charge in [0.05, 0.1) is 0 Å². The molecule has 0 spiro atoms. The van der Waals surface area contributed by atoms with Crippen LogP contribution in [0.2, 0.25) is 0 Å². The second-order valence-corrected chi connectivity index (χ2v) is 6.60. The van der Waals surface area contributed by atoms with Crippen LogP contribution in [0.25, 0.3) is 0 Å². The predicted molar refractivity (Wildman–Crippen MR) is 93.7 cm³/mol. The van der Waals surface area contributed by atoms with E-state index >= 15 is 0 Å². The van der Waals surface area contributed by atoms with E-state index in [-0.39, 0.29) is 6.10 Å². The standard InChI is InChI=1S/C19H23NOS/c1-22-18-11-9-17(10-12-18)21-19(14-16-8-5-13-20-16)15-6-3-2-4-7-15/h2-4,6-7,9-12,16,19-20H,5,8,13-14H2,1H3. The molecule has 2 atom stereocenters. The fourth-order valence-electron chi connectivity index (χ4n) is 2.95. The van der Waals surface area contributed by atoms with E-state index in [1.165, 1.54) is 23.3 Å². The molecule has 1 N–H and O–H groups in total. The Hall–Kier alpha value is -1.45. The first-order valence-electron chi connectivity index (χ1n) is 7.94. The Labute approximate surface area is 137 Å². The minimum absolute atomic E-state index is 0.108. The minimum atomic E-state index is 0.108. The van der Waals surface area contributed by atoms with Crippen LogP contribution in [0.1, 0.15) is 30.9 Å². The molecular formula is C19H23NOS. The van der Waals surface area contributed by atoms with Crippen LogP contribution < -0.4 is 10.1 Å². The Morgan fingerprint density at radius 3 is 2.55 bits per heavy atom. The zero-order valence-electron chi connectivity index (χ0n) is 13.0. The lowest BCUT2D eigenvalue weighted by atomic mass is 10.0. The topological polar surface area (TPSA) is 21.3 Å². The highest BCUT2D eigenvalue weighted by molar-refractivity contribution is 7.98. The summed E-state index contributed by atoms with van der Waals surface area (Å²) >= 11 is 1.75. The van der Waals surface area contributed by atoms with Crippen molar-refractivity contribution in [2.75, 3.05) is 12.8 Å². The van der Waals surface area contributed by atoms with E-state index in [1.54, 1.807) is 11.8 Å². The van der Waals surface area contributed by atoms with E-state index < -0.39 is 0 Å². The number of benzene rings is 2. The Balaban J connectivity index is 1.74. The SMILES string of the molecule is CSc1ccc(OC(CC2CCCN2)c2ccccc2)cc1. The lowest BCUT2D eigenvalue weighted by molar-refractivity contribution is 0.181. The number of ether oxygens (including phenoxy) is 1. The van der Waals surface area contributed by atoms with Crippen LogP contribution in [-0.2, 0) is 0 Å². The molecule has 0 aliphatic carbocycles. The second kappa shape index (κ2) is 7.70. The molecule has 1 aliphatic rings. The number of nitrogens with one attached hydrogen (secondary N) is 1. The average molecular weight is 313 g/mol. The van der Waals surface area contributed by atoms with Gasteiger partial charge in [-0.1, -0.05) is 30.3 Å². The van der Waals surface area contributed by atoms with Gasteiger partial charge in [-0.15, -0.1) is 11.8 Å². The lowest BCUT2D eigenvalue weighted by Crippen LogP contribution is -2.25. The fourth-order valence-corrected chi connectivity index (χ4v) is 3.36. The average Bonchev–Trinajstić information content (AvgIpc) is 3.09. The van der Waals surface area contributed by atoms with Gasteiger partial charge >= 0.3 is 0 Å². The van der Waals surface area contributed by atoms with Gasteiger partial charge < -0.3 is 10.1 Å². The van der Waals surface area contributed by atoms with Crippen molar-refractivity contribution in [3.8, 4) is 5.75 Å². The van der Waals surface area contributed by atoms with E-state index in [9.17, 15) is 0 Å². The quantitative estimate of drug-likeness (QED) is 0.783. The number of thioether (sulfide) groups is 1. The van der Waals surface area contributed by atoms with E-state index in [4.69, 9.17) is 4.74 Å². The molecule has 0 bridgehead atoms. The van der Waals surface area contributed by atoms with Crippen molar-refractivity contribution in [2.45, 2.75) is 36.3 Å². The Bertz CT molecular complexity index is 564. The maximum atomic E-state index is 6.31. The first-order chi connectivity index (χ1) is 10.8. The molecule has 1 fully saturated rings. The first-order valence-corrected chi connectivity index (χ1v) is 9.16. The molecule has 3 heteroatoms. The number of hydrogen-bond acceptors (Lipinski definition) is 3. The molecule has 0 saturated carbocycles. The molecule has 0 radical (unpaired) electrons. The van der Waals surface area contributed by atoms with Gasteiger partial charge in [0.2, 0.25) is 0 Å². The summed E-state index contributed by atoms with van der Waals surface area (Å²) in [5, 5.41) is 3.58. The smallest absolute Gasteiger partial charge is 0.125 e. The highest BCUT2D eigenvalue weighted by Gasteiger charge is 2.22. The number of rotatable bonds is 6. The lowest BCUT2D eigenvalue weighted by Gasteiger charge is -2.23. The summed E-state index contributed by atoms with van der Waals surface area (Å²) in [7, 11) is 0. The van der Waals surface area contributed by atoms with Gasteiger partial charge in [-0.2, -0.15) is 0 Å². The highest BCUT2D eigenvalue weighted by Crippen LogP contribution is 2.29. The van der Waals surface area contributed by atoms with Gasteiger partial charge in [-0.05, 0) is 55.5 Å². The summed E-state index contributed by atoms with van der Waals surface area (Å²) < 4.78 is 6.31. The molecule has 2 unspecified atom stereocenters. The predicted octanol–water partition coefficient (Wildman–Crippen LogP) is 4.67. The molecule has 3 rings (SSSR count). The van der Waals surface area contributed by atoms with Crippen molar-refractivity contribution >= 4 is 11.8 Å². The third kappa shape index (κ3) is 4.05. The third-order valence-corrected chi connectivity index (χ3v) is 4.91. The molecule has 2 aromatic rings. The van der Waals surface area contributed by atoms with Gasteiger partial charge in [0, 0.05) is 17.4 Å². The molecular weight excluding hydrogens is 290 g/mol. The molecule has 116 valence electrons. The van der Waals surface area contributed by atoms with Crippen LogP contribution in [0.5, 0.6) is 5.75 Å². The van der Waals surface area contributed by atoms with Crippen molar-refractivity contribution < 1.29 is 4.74 Å². The van der Waals surface area contributed by atoms with E-state index in [0.717, 1.165) is 18.7 Å². The molecule has 0 amide bonds. The van der Waals surface area contributed by atoms with Crippen molar-refractivity contribution in [2.24, 2.45) is 0 Å². The van der Waals surface area contributed by atoms with Gasteiger partial charge in [0.15, 0.2) is 0 Å². The summed E-state index contributed by atoms with van der Waals surface area (Å²) in [5.41, 5.74) is 1.25. The van der Waals surface area contributed by atoms with E-state index in [0.29, 0.717) is 6.04 Å². The van der Waals surface area contributed by atoms with Crippen molar-refractivity contribution in [3.05, 3.63) is 60.2 Å². The van der Waals surface area contributed by atoms with Crippen LogP contribution in [-0.4, -0.2) is 18.8 Å². The van der Waals surface area contributed by atoms with Gasteiger partial charge in [0.1, 0.15) is 11.9 Å².